The summed E-state index contributed by atoms with van der Waals surface area (Å²) in [6.07, 6.45) is 1.27. The van der Waals surface area contributed by atoms with Gasteiger partial charge in [0.25, 0.3) is 10.0 Å². The highest BCUT2D eigenvalue weighted by molar-refractivity contribution is 9.10. The molecule has 0 aliphatic rings. The summed E-state index contributed by atoms with van der Waals surface area (Å²) in [7, 11) is -3.91. The third kappa shape index (κ3) is 2.97. The van der Waals surface area contributed by atoms with Crippen LogP contribution in [0.25, 0.3) is 0 Å². The number of rotatable bonds is 4. The van der Waals surface area contributed by atoms with Crippen molar-refractivity contribution < 1.29 is 18.3 Å². The summed E-state index contributed by atoms with van der Waals surface area (Å²) >= 11 is 4.04. The summed E-state index contributed by atoms with van der Waals surface area (Å²) in [5.41, 5.74) is 0.297. The van der Waals surface area contributed by atoms with Crippen LogP contribution in [0.4, 0.5) is 5.00 Å². The molecule has 0 aliphatic carbocycles. The number of carboxylic acid groups (broad SMARTS) is 1. The minimum Gasteiger partial charge on any atom is -0.478 e. The molecule has 1 aromatic carbocycles. The number of nitrogens with zero attached hydrogens (tertiary/aromatic N) is 2. The van der Waals surface area contributed by atoms with Crippen molar-refractivity contribution in [3.8, 4) is 0 Å². The van der Waals surface area contributed by atoms with Crippen LogP contribution in [0.15, 0.2) is 27.7 Å². The predicted molar refractivity (Wildman–Crippen MR) is 76.6 cm³/mol. The van der Waals surface area contributed by atoms with E-state index in [1.54, 1.807) is 6.92 Å². The molecular formula is C10H8BrN3O4S2. The fourth-order valence-corrected chi connectivity index (χ4v) is 4.02. The summed E-state index contributed by atoms with van der Waals surface area (Å²) in [5, 5.41) is 12.8. The third-order valence-electron chi connectivity index (χ3n) is 2.43. The first-order chi connectivity index (χ1) is 9.31. The molecule has 0 radical (unpaired) electrons. The number of aromatic nitrogens is 2. The smallest absolute Gasteiger partial charge is 0.335 e. The van der Waals surface area contributed by atoms with Gasteiger partial charge in [0.1, 0.15) is 5.00 Å². The third-order valence-corrected chi connectivity index (χ3v) is 5.45. The summed E-state index contributed by atoms with van der Waals surface area (Å²) in [4.78, 5) is 10.9. The predicted octanol–water partition coefficient (Wildman–Crippen LogP) is 2.11. The van der Waals surface area contributed by atoms with Crippen molar-refractivity contribution in [1.82, 2.24) is 9.59 Å². The molecule has 20 heavy (non-hydrogen) atoms. The van der Waals surface area contributed by atoms with Gasteiger partial charge in [-0.1, -0.05) is 20.4 Å². The van der Waals surface area contributed by atoms with Crippen molar-refractivity contribution in [2.45, 2.75) is 11.8 Å². The summed E-state index contributed by atoms with van der Waals surface area (Å²) < 4.78 is 30.8. The SMILES string of the molecule is Cc1c(Br)cc(C(=O)O)cc1S(=O)(=O)Nc1cnns1. The lowest BCUT2D eigenvalue weighted by Gasteiger charge is -2.11. The van der Waals surface area contributed by atoms with Crippen molar-refractivity contribution in [2.75, 3.05) is 4.72 Å². The lowest BCUT2D eigenvalue weighted by molar-refractivity contribution is 0.0696. The Morgan fingerprint density at radius 1 is 1.45 bits per heavy atom. The van der Waals surface area contributed by atoms with E-state index in [1.165, 1.54) is 12.3 Å². The molecule has 1 heterocycles. The Labute approximate surface area is 127 Å². The van der Waals surface area contributed by atoms with Crippen molar-refractivity contribution in [2.24, 2.45) is 0 Å². The van der Waals surface area contributed by atoms with Crippen molar-refractivity contribution in [3.05, 3.63) is 33.9 Å². The summed E-state index contributed by atoms with van der Waals surface area (Å²) in [6.45, 7) is 1.58. The molecule has 0 amide bonds. The zero-order valence-electron chi connectivity index (χ0n) is 9.99. The van der Waals surface area contributed by atoms with Gasteiger partial charge in [0.2, 0.25) is 0 Å². The first-order valence-electron chi connectivity index (χ1n) is 5.15. The van der Waals surface area contributed by atoms with Crippen LogP contribution in [-0.4, -0.2) is 29.1 Å². The van der Waals surface area contributed by atoms with Crippen molar-refractivity contribution >= 4 is 48.5 Å². The number of anilines is 1. The number of halogens is 1. The van der Waals surface area contributed by atoms with Crippen LogP contribution >= 0.6 is 27.5 Å². The van der Waals surface area contributed by atoms with E-state index in [-0.39, 0.29) is 15.5 Å². The highest BCUT2D eigenvalue weighted by Crippen LogP contribution is 2.27. The fraction of sp³-hybridized carbons (Fsp3) is 0.100. The van der Waals surface area contributed by atoms with E-state index in [0.29, 0.717) is 10.0 Å². The maximum atomic E-state index is 12.3. The van der Waals surface area contributed by atoms with E-state index in [0.717, 1.165) is 17.6 Å². The van der Waals surface area contributed by atoms with Crippen LogP contribution in [0.5, 0.6) is 0 Å². The van der Waals surface area contributed by atoms with Crippen LogP contribution in [0.2, 0.25) is 0 Å². The van der Waals surface area contributed by atoms with E-state index in [1.807, 2.05) is 0 Å². The molecule has 0 unspecified atom stereocenters. The molecule has 2 aromatic rings. The highest BCUT2D eigenvalue weighted by atomic mass is 79.9. The molecule has 7 nitrogen and oxygen atoms in total. The maximum absolute atomic E-state index is 12.3. The molecule has 0 fully saturated rings. The van der Waals surface area contributed by atoms with Gasteiger partial charge in [-0.25, -0.2) is 13.2 Å². The minimum atomic E-state index is -3.91. The molecule has 0 atom stereocenters. The normalized spacial score (nSPS) is 11.3. The number of benzene rings is 1. The second kappa shape index (κ2) is 5.46. The van der Waals surface area contributed by atoms with Gasteiger partial charge in [0.15, 0.2) is 0 Å². The number of hydrogen-bond donors (Lipinski definition) is 2. The fourth-order valence-electron chi connectivity index (χ4n) is 1.46. The minimum absolute atomic E-state index is 0.113. The molecule has 0 saturated heterocycles. The summed E-state index contributed by atoms with van der Waals surface area (Å²) in [5.74, 6) is -1.21. The first-order valence-corrected chi connectivity index (χ1v) is 8.20. The number of carbonyl (C=O) groups is 1. The molecule has 10 heteroatoms. The first kappa shape index (κ1) is 14.9. The number of sulfonamides is 1. The second-order valence-electron chi connectivity index (χ2n) is 3.77. The molecule has 2 N–H and O–H groups in total. The monoisotopic (exact) mass is 377 g/mol. The molecule has 0 bridgehead atoms. The summed E-state index contributed by atoms with van der Waals surface area (Å²) in [6, 6.07) is 2.46. The van der Waals surface area contributed by atoms with Crippen LogP contribution in [0, 0.1) is 6.92 Å². The Morgan fingerprint density at radius 3 is 2.70 bits per heavy atom. The quantitative estimate of drug-likeness (QED) is 0.844. The Morgan fingerprint density at radius 2 is 2.15 bits per heavy atom. The average molecular weight is 378 g/mol. The van der Waals surface area contributed by atoms with E-state index in [9.17, 15) is 13.2 Å². The molecule has 2 rings (SSSR count). The standard InChI is InChI=1S/C10H8BrN3O4S2/c1-5-7(11)2-6(10(15)16)3-8(5)20(17,18)13-9-4-12-14-19-9/h2-4,13H,1H3,(H,15,16). The average Bonchev–Trinajstić information content (AvgIpc) is 2.83. The van der Waals surface area contributed by atoms with Gasteiger partial charge in [-0.2, -0.15) is 0 Å². The van der Waals surface area contributed by atoms with Gasteiger partial charge in [-0.15, -0.1) is 5.10 Å². The van der Waals surface area contributed by atoms with Gasteiger partial charge in [0.05, 0.1) is 16.7 Å². The molecule has 0 saturated carbocycles. The second-order valence-corrected chi connectivity index (χ2v) is 7.06. The van der Waals surface area contributed by atoms with E-state index < -0.39 is 16.0 Å². The molecule has 106 valence electrons. The van der Waals surface area contributed by atoms with Gasteiger partial charge in [-0.3, -0.25) is 4.72 Å². The van der Waals surface area contributed by atoms with E-state index in [4.69, 9.17) is 5.11 Å². The zero-order chi connectivity index (χ0) is 14.9. The molecule has 0 aliphatic heterocycles. The van der Waals surface area contributed by atoms with Crippen LogP contribution < -0.4 is 4.72 Å². The molecular weight excluding hydrogens is 370 g/mol. The van der Waals surface area contributed by atoms with Gasteiger partial charge in [0, 0.05) is 16.0 Å². The largest absolute Gasteiger partial charge is 0.478 e. The lowest BCUT2D eigenvalue weighted by atomic mass is 10.1. The van der Waals surface area contributed by atoms with Crippen molar-refractivity contribution in [3.63, 3.8) is 0 Å². The topological polar surface area (TPSA) is 109 Å². The number of hydrogen-bond acceptors (Lipinski definition) is 6. The van der Waals surface area contributed by atoms with E-state index >= 15 is 0 Å². The Bertz CT molecular complexity index is 759. The van der Waals surface area contributed by atoms with E-state index in [2.05, 4.69) is 30.2 Å². The lowest BCUT2D eigenvalue weighted by Crippen LogP contribution is -2.15. The maximum Gasteiger partial charge on any atom is 0.335 e. The Kier molecular flexibility index (Phi) is 4.06. The van der Waals surface area contributed by atoms with Crippen LogP contribution in [0.3, 0.4) is 0 Å². The number of nitrogens with one attached hydrogen (secondary N) is 1. The van der Waals surface area contributed by atoms with Gasteiger partial charge >= 0.3 is 5.97 Å². The Hall–Kier alpha value is -1.52. The highest BCUT2D eigenvalue weighted by Gasteiger charge is 2.22. The Balaban J connectivity index is 2.53. The van der Waals surface area contributed by atoms with Crippen molar-refractivity contribution in [1.29, 1.82) is 0 Å². The number of carboxylic acids is 1. The molecule has 0 spiro atoms. The van der Waals surface area contributed by atoms with Gasteiger partial charge < -0.3 is 5.11 Å². The van der Waals surface area contributed by atoms with Crippen LogP contribution in [0.1, 0.15) is 15.9 Å². The van der Waals surface area contributed by atoms with Crippen LogP contribution in [-0.2, 0) is 10.0 Å². The molecule has 1 aromatic heterocycles. The zero-order valence-corrected chi connectivity index (χ0v) is 13.2. The van der Waals surface area contributed by atoms with Gasteiger partial charge in [-0.05, 0) is 24.6 Å². The number of aromatic carboxylic acids is 1.